The molecule has 2 heterocycles. The predicted octanol–water partition coefficient (Wildman–Crippen LogP) is 3.33. The van der Waals surface area contributed by atoms with Crippen molar-refractivity contribution in [2.45, 2.75) is 51.6 Å². The summed E-state index contributed by atoms with van der Waals surface area (Å²) in [6, 6.07) is 6.70. The van der Waals surface area contributed by atoms with E-state index in [4.69, 9.17) is 4.74 Å². The highest BCUT2D eigenvalue weighted by Gasteiger charge is 2.28. The van der Waals surface area contributed by atoms with Crippen molar-refractivity contribution in [1.29, 1.82) is 0 Å². The van der Waals surface area contributed by atoms with Gasteiger partial charge >= 0.3 is 0 Å². The first-order valence-corrected chi connectivity index (χ1v) is 7.64. The fourth-order valence-electron chi connectivity index (χ4n) is 3.29. The molecule has 0 unspecified atom stereocenters. The van der Waals surface area contributed by atoms with Crippen LogP contribution in [0.4, 0.5) is 0 Å². The molecule has 2 aliphatic rings. The van der Waals surface area contributed by atoms with Crippen LogP contribution in [0.5, 0.6) is 5.75 Å². The number of benzene rings is 1. The molecule has 0 aliphatic carbocycles. The van der Waals surface area contributed by atoms with Gasteiger partial charge in [0.05, 0.1) is 0 Å². The number of fused-ring (bicyclic) bond motifs is 1. The zero-order valence-corrected chi connectivity index (χ0v) is 12.2. The molecular weight excluding hydrogens is 234 g/mol. The van der Waals surface area contributed by atoms with Crippen LogP contribution in [0.25, 0.3) is 0 Å². The fraction of sp³-hybridized carbons (Fsp3) is 0.647. The fourth-order valence-corrected chi connectivity index (χ4v) is 3.29. The smallest absolute Gasteiger partial charge is 0.126 e. The molecule has 1 N–H and O–H groups in total. The molecule has 0 aromatic heterocycles. The van der Waals surface area contributed by atoms with Crippen molar-refractivity contribution < 1.29 is 4.74 Å². The highest BCUT2D eigenvalue weighted by molar-refractivity contribution is 5.43. The quantitative estimate of drug-likeness (QED) is 0.879. The Morgan fingerprint density at radius 3 is 2.84 bits per heavy atom. The number of para-hydroxylation sites is 1. The molecule has 0 amide bonds. The largest absolute Gasteiger partial charge is 0.487 e. The van der Waals surface area contributed by atoms with Gasteiger partial charge in [-0.05, 0) is 76.1 Å². The molecule has 2 nitrogen and oxygen atoms in total. The maximum atomic E-state index is 6.28. The summed E-state index contributed by atoms with van der Waals surface area (Å²) in [5.74, 6) is 2.01. The summed E-state index contributed by atoms with van der Waals surface area (Å²) in [5, 5.41) is 3.44. The number of hydrogen-bond acceptors (Lipinski definition) is 2. The van der Waals surface area contributed by atoms with Crippen molar-refractivity contribution in [1.82, 2.24) is 5.32 Å². The summed E-state index contributed by atoms with van der Waals surface area (Å²) < 4.78 is 6.28. The van der Waals surface area contributed by atoms with E-state index in [2.05, 4.69) is 37.4 Å². The van der Waals surface area contributed by atoms with Crippen molar-refractivity contribution in [3.63, 3.8) is 0 Å². The third kappa shape index (κ3) is 2.94. The lowest BCUT2D eigenvalue weighted by Crippen LogP contribution is -2.33. The first kappa shape index (κ1) is 13.0. The summed E-state index contributed by atoms with van der Waals surface area (Å²) >= 11 is 0. The molecule has 2 heteroatoms. The van der Waals surface area contributed by atoms with Crippen molar-refractivity contribution in [3.05, 3.63) is 29.3 Å². The van der Waals surface area contributed by atoms with Crippen LogP contribution in [0.15, 0.2) is 18.2 Å². The van der Waals surface area contributed by atoms with E-state index in [-0.39, 0.29) is 5.60 Å². The molecule has 1 saturated heterocycles. The first-order chi connectivity index (χ1) is 9.14. The number of nitrogens with one attached hydrogen (secondary N) is 1. The number of ether oxygens (including phenoxy) is 1. The minimum Gasteiger partial charge on any atom is -0.487 e. The normalized spacial score (nSPS) is 22.6. The van der Waals surface area contributed by atoms with Crippen molar-refractivity contribution in [2.75, 3.05) is 13.1 Å². The summed E-state index contributed by atoms with van der Waals surface area (Å²) in [6.07, 6.45) is 6.06. The van der Waals surface area contributed by atoms with Gasteiger partial charge in [-0.2, -0.15) is 0 Å². The Kier molecular flexibility index (Phi) is 3.53. The van der Waals surface area contributed by atoms with Crippen molar-refractivity contribution in [2.24, 2.45) is 5.92 Å². The molecule has 1 fully saturated rings. The number of piperidine rings is 1. The second-order valence-electron chi connectivity index (χ2n) is 6.66. The molecule has 1 aromatic rings. The maximum absolute atomic E-state index is 6.28. The van der Waals surface area contributed by atoms with Crippen LogP contribution in [0, 0.1) is 5.92 Å². The number of aryl methyl sites for hydroxylation is 1. The zero-order valence-electron chi connectivity index (χ0n) is 12.2. The van der Waals surface area contributed by atoms with Gasteiger partial charge in [-0.25, -0.2) is 0 Å². The van der Waals surface area contributed by atoms with Crippen LogP contribution in [0.3, 0.4) is 0 Å². The van der Waals surface area contributed by atoms with Gasteiger partial charge in [-0.15, -0.1) is 0 Å². The third-order valence-electron chi connectivity index (χ3n) is 4.52. The van der Waals surface area contributed by atoms with Crippen LogP contribution in [-0.4, -0.2) is 18.7 Å². The lowest BCUT2D eigenvalue weighted by molar-refractivity contribution is 0.0828. The zero-order chi connectivity index (χ0) is 13.3. The second-order valence-corrected chi connectivity index (χ2v) is 6.66. The highest BCUT2D eigenvalue weighted by Crippen LogP contribution is 2.37. The molecule has 0 atom stereocenters. The van der Waals surface area contributed by atoms with Crippen molar-refractivity contribution in [3.8, 4) is 5.75 Å². The monoisotopic (exact) mass is 259 g/mol. The average Bonchev–Trinajstić information content (AvgIpc) is 2.40. The van der Waals surface area contributed by atoms with Gasteiger partial charge in [0.1, 0.15) is 11.4 Å². The van der Waals surface area contributed by atoms with Gasteiger partial charge in [0.15, 0.2) is 0 Å². The van der Waals surface area contributed by atoms with Crippen LogP contribution in [0.1, 0.15) is 44.2 Å². The Balaban J connectivity index is 1.81. The molecule has 104 valence electrons. The van der Waals surface area contributed by atoms with E-state index in [1.165, 1.54) is 49.2 Å². The first-order valence-electron chi connectivity index (χ1n) is 7.64. The predicted molar refractivity (Wildman–Crippen MR) is 78.8 cm³/mol. The lowest BCUT2D eigenvalue weighted by atomic mass is 9.87. The third-order valence-corrected chi connectivity index (χ3v) is 4.52. The molecule has 2 aliphatic heterocycles. The molecule has 0 radical (unpaired) electrons. The molecule has 3 rings (SSSR count). The standard InChI is InChI=1S/C17H25NO/c1-17(2)9-6-14-4-3-5-15(16(14)19-17)12-13-7-10-18-11-8-13/h3-5,13,18H,6-12H2,1-2H3. The molecule has 0 spiro atoms. The van der Waals surface area contributed by atoms with Gasteiger partial charge in [0.25, 0.3) is 0 Å². The van der Waals surface area contributed by atoms with E-state index in [0.29, 0.717) is 0 Å². The summed E-state index contributed by atoms with van der Waals surface area (Å²) in [6.45, 7) is 6.76. The van der Waals surface area contributed by atoms with E-state index in [0.717, 1.165) is 18.8 Å². The average molecular weight is 259 g/mol. The Labute approximate surface area is 116 Å². The molecule has 19 heavy (non-hydrogen) atoms. The minimum absolute atomic E-state index is 0.00275. The Hall–Kier alpha value is -1.02. The SMILES string of the molecule is CC1(C)CCc2cccc(CC3CCNCC3)c2O1. The van der Waals surface area contributed by atoms with E-state index < -0.39 is 0 Å². The van der Waals surface area contributed by atoms with E-state index in [1.807, 2.05) is 0 Å². The van der Waals surface area contributed by atoms with Gasteiger partial charge in [0, 0.05) is 0 Å². The minimum atomic E-state index is -0.00275. The maximum Gasteiger partial charge on any atom is 0.126 e. The van der Waals surface area contributed by atoms with Crippen molar-refractivity contribution >= 4 is 0 Å². The molecule has 0 bridgehead atoms. The number of rotatable bonds is 2. The molecule has 1 aromatic carbocycles. The van der Waals surface area contributed by atoms with Gasteiger partial charge in [0.2, 0.25) is 0 Å². The van der Waals surface area contributed by atoms with E-state index in [9.17, 15) is 0 Å². The highest BCUT2D eigenvalue weighted by atomic mass is 16.5. The van der Waals surface area contributed by atoms with Gasteiger partial charge in [-0.3, -0.25) is 0 Å². The Morgan fingerprint density at radius 1 is 1.26 bits per heavy atom. The van der Waals surface area contributed by atoms with Gasteiger partial charge in [-0.1, -0.05) is 18.2 Å². The van der Waals surface area contributed by atoms with Crippen LogP contribution in [-0.2, 0) is 12.8 Å². The Bertz CT molecular complexity index is 447. The van der Waals surface area contributed by atoms with Crippen LogP contribution >= 0.6 is 0 Å². The van der Waals surface area contributed by atoms with Crippen LogP contribution in [0.2, 0.25) is 0 Å². The number of hydrogen-bond donors (Lipinski definition) is 1. The Morgan fingerprint density at radius 2 is 2.05 bits per heavy atom. The summed E-state index contributed by atoms with van der Waals surface area (Å²) in [5.41, 5.74) is 2.83. The topological polar surface area (TPSA) is 21.3 Å². The lowest BCUT2D eigenvalue weighted by Gasteiger charge is -2.34. The van der Waals surface area contributed by atoms with E-state index in [1.54, 1.807) is 0 Å². The second kappa shape index (κ2) is 5.16. The van der Waals surface area contributed by atoms with E-state index >= 15 is 0 Å². The molecular formula is C17H25NO. The molecule has 0 saturated carbocycles. The van der Waals surface area contributed by atoms with Crippen LogP contribution < -0.4 is 10.1 Å². The van der Waals surface area contributed by atoms with Gasteiger partial charge < -0.3 is 10.1 Å². The summed E-state index contributed by atoms with van der Waals surface area (Å²) in [4.78, 5) is 0. The summed E-state index contributed by atoms with van der Waals surface area (Å²) in [7, 11) is 0.